The molecular weight excluding hydrogens is 172 g/mol. The summed E-state index contributed by atoms with van der Waals surface area (Å²) in [5, 5.41) is 2.47. The summed E-state index contributed by atoms with van der Waals surface area (Å²) < 4.78 is 0. The van der Waals surface area contributed by atoms with Gasteiger partial charge in [0.2, 0.25) is 0 Å². The first kappa shape index (κ1) is 11.5. The van der Waals surface area contributed by atoms with Crippen molar-refractivity contribution in [3.63, 3.8) is 0 Å². The quantitative estimate of drug-likeness (QED) is 0.504. The summed E-state index contributed by atoms with van der Waals surface area (Å²) in [7, 11) is 0. The van der Waals surface area contributed by atoms with Crippen molar-refractivity contribution in [2.75, 3.05) is 6.54 Å². The number of hydroxylamine groups is 1. The number of hydrogen-bond acceptors (Lipinski definition) is 3. The third-order valence-corrected chi connectivity index (χ3v) is 1.12. The van der Waals surface area contributed by atoms with Gasteiger partial charge in [-0.05, 0) is 13.3 Å². The maximum atomic E-state index is 10.8. The van der Waals surface area contributed by atoms with Crippen LogP contribution in [0.1, 0.15) is 20.3 Å². The summed E-state index contributed by atoms with van der Waals surface area (Å²) in [4.78, 5) is 25.9. The number of urea groups is 1. The number of carbonyl (C=O) groups excluding carboxylic acids is 2. The number of amides is 2. The van der Waals surface area contributed by atoms with Crippen molar-refractivity contribution in [1.29, 1.82) is 0 Å². The van der Waals surface area contributed by atoms with Crippen molar-refractivity contribution in [3.8, 4) is 0 Å². The molecule has 0 aromatic heterocycles. The van der Waals surface area contributed by atoms with Gasteiger partial charge in [0.05, 0.1) is 0 Å². The van der Waals surface area contributed by atoms with Gasteiger partial charge < -0.3 is 10.2 Å². The Balaban J connectivity index is 3.58. The molecule has 0 heterocycles. The molecule has 0 aromatic rings. The van der Waals surface area contributed by atoms with Crippen molar-refractivity contribution in [3.05, 3.63) is 12.2 Å². The fraction of sp³-hybridized carbons (Fsp3) is 0.500. The fourth-order valence-corrected chi connectivity index (χ4v) is 0.454. The summed E-state index contributed by atoms with van der Waals surface area (Å²) in [6.45, 7) is 7.30. The predicted octanol–water partition coefficient (Wildman–Crippen LogP) is 0.730. The van der Waals surface area contributed by atoms with Gasteiger partial charge in [-0.2, -0.15) is 5.48 Å². The second-order valence-corrected chi connectivity index (χ2v) is 2.53. The van der Waals surface area contributed by atoms with E-state index in [1.807, 2.05) is 12.4 Å². The van der Waals surface area contributed by atoms with Gasteiger partial charge in [0, 0.05) is 12.1 Å². The molecular formula is C8H14N2O3. The second-order valence-electron chi connectivity index (χ2n) is 2.53. The zero-order valence-corrected chi connectivity index (χ0v) is 7.85. The Kier molecular flexibility index (Phi) is 5.34. The van der Waals surface area contributed by atoms with E-state index in [4.69, 9.17) is 0 Å². The Labute approximate surface area is 77.1 Å². The predicted molar refractivity (Wildman–Crippen MR) is 47.7 cm³/mol. The van der Waals surface area contributed by atoms with Gasteiger partial charge in [0.1, 0.15) is 0 Å². The highest BCUT2D eigenvalue weighted by molar-refractivity contribution is 5.88. The van der Waals surface area contributed by atoms with Gasteiger partial charge in [-0.3, -0.25) is 0 Å². The van der Waals surface area contributed by atoms with Gasteiger partial charge in [0.25, 0.3) is 0 Å². The topological polar surface area (TPSA) is 67.4 Å². The van der Waals surface area contributed by atoms with Crippen molar-refractivity contribution in [1.82, 2.24) is 10.8 Å². The van der Waals surface area contributed by atoms with E-state index in [2.05, 4.69) is 16.7 Å². The lowest BCUT2D eigenvalue weighted by molar-refractivity contribution is -0.143. The minimum absolute atomic E-state index is 0.232. The summed E-state index contributed by atoms with van der Waals surface area (Å²) in [6.07, 6.45) is 0.821. The molecule has 0 rings (SSSR count). The monoisotopic (exact) mass is 186 g/mol. The van der Waals surface area contributed by atoms with E-state index in [9.17, 15) is 9.59 Å². The first-order valence-electron chi connectivity index (χ1n) is 3.98. The average molecular weight is 186 g/mol. The SMILES string of the molecule is C=C(C)C(=O)ONC(=O)NCCC. The first-order valence-corrected chi connectivity index (χ1v) is 3.98. The van der Waals surface area contributed by atoms with E-state index in [0.717, 1.165) is 6.42 Å². The maximum absolute atomic E-state index is 10.8. The molecule has 0 spiro atoms. The summed E-state index contributed by atoms with van der Waals surface area (Å²) >= 11 is 0. The second kappa shape index (κ2) is 6.05. The van der Waals surface area contributed by atoms with Crippen molar-refractivity contribution in [2.45, 2.75) is 20.3 Å². The van der Waals surface area contributed by atoms with Crippen LogP contribution < -0.4 is 10.8 Å². The summed E-state index contributed by atoms with van der Waals surface area (Å²) in [6, 6.07) is -0.531. The Hall–Kier alpha value is -1.52. The number of carbonyl (C=O) groups is 2. The zero-order valence-electron chi connectivity index (χ0n) is 7.85. The molecule has 0 fully saturated rings. The fourth-order valence-electron chi connectivity index (χ4n) is 0.454. The van der Waals surface area contributed by atoms with Gasteiger partial charge in [-0.25, -0.2) is 9.59 Å². The maximum Gasteiger partial charge on any atom is 0.358 e. The lowest BCUT2D eigenvalue weighted by atomic mass is 10.4. The van der Waals surface area contributed by atoms with Crippen LogP contribution in [0.4, 0.5) is 4.79 Å². The van der Waals surface area contributed by atoms with E-state index >= 15 is 0 Å². The van der Waals surface area contributed by atoms with E-state index < -0.39 is 12.0 Å². The molecule has 5 nitrogen and oxygen atoms in total. The Bertz CT molecular complexity index is 213. The van der Waals surface area contributed by atoms with E-state index in [1.54, 1.807) is 0 Å². The molecule has 0 aliphatic heterocycles. The molecule has 5 heteroatoms. The normalized spacial score (nSPS) is 8.77. The molecule has 0 unspecified atom stereocenters. The molecule has 0 bridgehead atoms. The van der Waals surface area contributed by atoms with Crippen LogP contribution in [0.15, 0.2) is 12.2 Å². The lowest BCUT2D eigenvalue weighted by Crippen LogP contribution is -2.37. The van der Waals surface area contributed by atoms with E-state index in [-0.39, 0.29) is 5.57 Å². The standard InChI is InChI=1S/C8H14N2O3/c1-4-5-9-8(12)10-13-7(11)6(2)3/h2,4-5H2,1,3H3,(H2,9,10,12). The highest BCUT2D eigenvalue weighted by Gasteiger charge is 2.05. The molecule has 0 saturated carbocycles. The van der Waals surface area contributed by atoms with Crippen LogP contribution in [-0.4, -0.2) is 18.5 Å². The first-order chi connectivity index (χ1) is 6.07. The molecule has 0 radical (unpaired) electrons. The zero-order chi connectivity index (χ0) is 10.3. The average Bonchev–Trinajstić information content (AvgIpc) is 2.10. The van der Waals surface area contributed by atoms with E-state index in [1.165, 1.54) is 6.92 Å². The van der Waals surface area contributed by atoms with E-state index in [0.29, 0.717) is 6.54 Å². The third-order valence-electron chi connectivity index (χ3n) is 1.12. The molecule has 0 aromatic carbocycles. The van der Waals surface area contributed by atoms with Crippen LogP contribution in [0.2, 0.25) is 0 Å². The minimum atomic E-state index is -0.647. The van der Waals surface area contributed by atoms with Crippen LogP contribution in [0.3, 0.4) is 0 Å². The molecule has 0 atom stereocenters. The van der Waals surface area contributed by atoms with Crippen LogP contribution in [0.25, 0.3) is 0 Å². The van der Waals surface area contributed by atoms with Crippen molar-refractivity contribution < 1.29 is 14.4 Å². The minimum Gasteiger partial charge on any atom is -0.336 e. The molecule has 13 heavy (non-hydrogen) atoms. The lowest BCUT2D eigenvalue weighted by Gasteiger charge is -2.05. The largest absolute Gasteiger partial charge is 0.358 e. The van der Waals surface area contributed by atoms with Gasteiger partial charge >= 0.3 is 12.0 Å². The Morgan fingerprint density at radius 3 is 2.54 bits per heavy atom. The van der Waals surface area contributed by atoms with Crippen LogP contribution in [0, 0.1) is 0 Å². The van der Waals surface area contributed by atoms with Gasteiger partial charge in [0.15, 0.2) is 0 Å². The molecule has 74 valence electrons. The van der Waals surface area contributed by atoms with Gasteiger partial charge in [-0.15, -0.1) is 0 Å². The Morgan fingerprint density at radius 1 is 1.46 bits per heavy atom. The molecule has 0 saturated heterocycles. The molecule has 0 aliphatic carbocycles. The molecule has 2 N–H and O–H groups in total. The molecule has 2 amide bonds. The van der Waals surface area contributed by atoms with Crippen LogP contribution >= 0.6 is 0 Å². The third kappa shape index (κ3) is 5.72. The van der Waals surface area contributed by atoms with Crippen molar-refractivity contribution >= 4 is 12.0 Å². The smallest absolute Gasteiger partial charge is 0.336 e. The molecule has 0 aliphatic rings. The number of rotatable bonds is 3. The highest BCUT2D eigenvalue weighted by Crippen LogP contribution is 1.88. The van der Waals surface area contributed by atoms with Crippen LogP contribution in [0.5, 0.6) is 0 Å². The van der Waals surface area contributed by atoms with Crippen LogP contribution in [-0.2, 0) is 9.63 Å². The number of hydrogen-bond donors (Lipinski definition) is 2. The summed E-state index contributed by atoms with van der Waals surface area (Å²) in [5.41, 5.74) is 2.17. The highest BCUT2D eigenvalue weighted by atomic mass is 16.7. The summed E-state index contributed by atoms with van der Waals surface area (Å²) in [5.74, 6) is -0.647. The van der Waals surface area contributed by atoms with Crippen molar-refractivity contribution in [2.24, 2.45) is 0 Å². The van der Waals surface area contributed by atoms with Gasteiger partial charge in [-0.1, -0.05) is 13.5 Å². The number of nitrogens with one attached hydrogen (secondary N) is 2. The Morgan fingerprint density at radius 2 is 2.08 bits per heavy atom.